The number of methoxy groups -OCH3 is 1. The Kier molecular flexibility index (Phi) is 6.54. The molecule has 3 fully saturated rings. The molecule has 0 saturated carbocycles. The normalized spacial score (nSPS) is 35.6. The molecule has 2 aromatic carbocycles. The number of cyclic esters (lactones) is 1. The van der Waals surface area contributed by atoms with E-state index < -0.39 is 55.4 Å². The van der Waals surface area contributed by atoms with Crippen molar-refractivity contribution in [3.8, 4) is 23.0 Å². The van der Waals surface area contributed by atoms with E-state index in [1.807, 2.05) is 12.1 Å². The van der Waals surface area contributed by atoms with Gasteiger partial charge in [0, 0.05) is 5.92 Å². The van der Waals surface area contributed by atoms with E-state index in [1.54, 1.807) is 24.3 Å². The lowest BCUT2D eigenvalue weighted by molar-refractivity contribution is -0.277. The van der Waals surface area contributed by atoms with Gasteiger partial charge in [-0.2, -0.15) is 0 Å². The predicted molar refractivity (Wildman–Crippen MR) is 124 cm³/mol. The number of hydrogen-bond donors (Lipinski definition) is 4. The van der Waals surface area contributed by atoms with Crippen LogP contribution in [0.2, 0.25) is 0 Å². The second kappa shape index (κ2) is 9.88. The molecule has 0 spiro atoms. The zero-order chi connectivity index (χ0) is 26.6. The first kappa shape index (κ1) is 25.2. The number of hydrogen-bond acceptors (Lipinski definition) is 12. The molecule has 9 atom stereocenters. The molecule has 0 radical (unpaired) electrons. The Morgan fingerprint density at radius 1 is 0.921 bits per heavy atom. The van der Waals surface area contributed by atoms with Gasteiger partial charge in [0.2, 0.25) is 13.1 Å². The monoisotopic (exact) mass is 532 g/mol. The van der Waals surface area contributed by atoms with E-state index in [4.69, 9.17) is 33.2 Å². The second-order valence-corrected chi connectivity index (χ2v) is 9.64. The molecule has 12 heteroatoms. The number of rotatable bonds is 6. The maximum Gasteiger partial charge on any atom is 0.313 e. The van der Waals surface area contributed by atoms with Crippen LogP contribution in [0.4, 0.5) is 0 Å². The zero-order valence-electron chi connectivity index (χ0n) is 20.3. The van der Waals surface area contributed by atoms with Crippen molar-refractivity contribution in [1.29, 1.82) is 0 Å². The summed E-state index contributed by atoms with van der Waals surface area (Å²) in [7, 11) is 1.43. The molecule has 4 aliphatic heterocycles. The summed E-state index contributed by atoms with van der Waals surface area (Å²) in [5.74, 6) is 0.607. The summed E-state index contributed by atoms with van der Waals surface area (Å²) in [6.07, 6.45) is -8.20. The SMILES string of the molecule is COc1cc([C@@H]2OC[C@@H]3[C@H]2C(=O)O[C@H]3c2ccc3c(c2)OCO3)ccc1O[C@@H]1O[C@H](CO)[C@@H](O)[C@H](O)[C@H]1O. The fourth-order valence-electron chi connectivity index (χ4n) is 5.47. The van der Waals surface area contributed by atoms with Crippen LogP contribution < -0.4 is 18.9 Å². The third kappa shape index (κ3) is 4.13. The molecule has 4 aliphatic rings. The molecule has 0 bridgehead atoms. The van der Waals surface area contributed by atoms with Gasteiger partial charge in [-0.25, -0.2) is 0 Å². The fourth-order valence-corrected chi connectivity index (χ4v) is 5.47. The largest absolute Gasteiger partial charge is 0.493 e. The predicted octanol–water partition coefficient (Wildman–Crippen LogP) is 0.204. The van der Waals surface area contributed by atoms with Crippen molar-refractivity contribution in [3.05, 3.63) is 47.5 Å². The summed E-state index contributed by atoms with van der Waals surface area (Å²) in [6, 6.07) is 10.4. The van der Waals surface area contributed by atoms with Crippen molar-refractivity contribution in [2.75, 3.05) is 27.1 Å². The second-order valence-electron chi connectivity index (χ2n) is 9.64. The number of fused-ring (bicyclic) bond motifs is 2. The molecule has 6 rings (SSSR count). The van der Waals surface area contributed by atoms with Gasteiger partial charge >= 0.3 is 5.97 Å². The average Bonchev–Trinajstić information content (AvgIpc) is 3.65. The van der Waals surface area contributed by atoms with Gasteiger partial charge in [-0.3, -0.25) is 4.79 Å². The summed E-state index contributed by atoms with van der Waals surface area (Å²) in [4.78, 5) is 13.0. The van der Waals surface area contributed by atoms with E-state index in [2.05, 4.69) is 0 Å². The number of carbonyl (C=O) groups excluding carboxylic acids is 1. The standard InChI is InChI=1S/C26H28O12/c1-32-16-6-12(3-5-15(16)36-26-22(30)21(29)20(28)18(8-27)37-26)24-19-13(9-33-24)23(38-25(19)31)11-2-4-14-17(7-11)35-10-34-14/h2-7,13,18-24,26-30H,8-10H2,1H3/t13-,18-,19-,20-,21+,22-,23+,24+,26-/m1/s1. The van der Waals surface area contributed by atoms with Crippen molar-refractivity contribution in [3.63, 3.8) is 0 Å². The highest BCUT2D eigenvalue weighted by atomic mass is 16.7. The topological polar surface area (TPSA) is 163 Å². The molecule has 4 heterocycles. The van der Waals surface area contributed by atoms with Crippen molar-refractivity contribution in [2.24, 2.45) is 11.8 Å². The molecule has 12 nitrogen and oxygen atoms in total. The van der Waals surface area contributed by atoms with E-state index in [-0.39, 0.29) is 30.2 Å². The van der Waals surface area contributed by atoms with E-state index in [0.29, 0.717) is 23.7 Å². The lowest BCUT2D eigenvalue weighted by Gasteiger charge is -2.39. The Hall–Kier alpha value is -3.13. The minimum atomic E-state index is -1.58. The smallest absolute Gasteiger partial charge is 0.313 e. The van der Waals surface area contributed by atoms with Crippen molar-refractivity contribution in [1.82, 2.24) is 0 Å². The molecule has 0 aromatic heterocycles. The third-order valence-electron chi connectivity index (χ3n) is 7.49. The van der Waals surface area contributed by atoms with Crippen molar-refractivity contribution < 1.29 is 58.4 Å². The highest BCUT2D eigenvalue weighted by molar-refractivity contribution is 5.77. The Balaban J connectivity index is 1.21. The van der Waals surface area contributed by atoms with Crippen LogP contribution in [0, 0.1) is 11.8 Å². The highest BCUT2D eigenvalue weighted by Crippen LogP contribution is 2.52. The van der Waals surface area contributed by atoms with Crippen LogP contribution in [-0.4, -0.2) is 84.2 Å². The molecular weight excluding hydrogens is 504 g/mol. The average molecular weight is 532 g/mol. The molecule has 204 valence electrons. The van der Waals surface area contributed by atoms with Crippen molar-refractivity contribution >= 4 is 5.97 Å². The number of carbonyl (C=O) groups is 1. The van der Waals surface area contributed by atoms with E-state index in [1.165, 1.54) is 7.11 Å². The van der Waals surface area contributed by atoms with Gasteiger partial charge < -0.3 is 53.6 Å². The lowest BCUT2D eigenvalue weighted by Crippen LogP contribution is -2.60. The summed E-state index contributed by atoms with van der Waals surface area (Å²) in [5, 5.41) is 39.8. The van der Waals surface area contributed by atoms with Crippen LogP contribution in [0.1, 0.15) is 23.3 Å². The van der Waals surface area contributed by atoms with Crippen LogP contribution in [0.3, 0.4) is 0 Å². The number of aliphatic hydroxyl groups is 4. The van der Waals surface area contributed by atoms with Crippen LogP contribution >= 0.6 is 0 Å². The molecule has 3 saturated heterocycles. The third-order valence-corrected chi connectivity index (χ3v) is 7.49. The molecule has 0 unspecified atom stereocenters. The van der Waals surface area contributed by atoms with Gasteiger partial charge in [-0.15, -0.1) is 0 Å². The molecule has 0 amide bonds. The molecule has 2 aromatic rings. The Bertz CT molecular complexity index is 1200. The molecule has 38 heavy (non-hydrogen) atoms. The molecule has 0 aliphatic carbocycles. The maximum atomic E-state index is 13.0. The summed E-state index contributed by atoms with van der Waals surface area (Å²) in [5.41, 5.74) is 1.47. The number of esters is 1. The summed E-state index contributed by atoms with van der Waals surface area (Å²) >= 11 is 0. The first-order valence-corrected chi connectivity index (χ1v) is 12.3. The summed E-state index contributed by atoms with van der Waals surface area (Å²) < 4.78 is 39.3. The molecule has 4 N–H and O–H groups in total. The number of ether oxygens (including phenoxy) is 7. The van der Waals surface area contributed by atoms with Gasteiger partial charge in [0.15, 0.2) is 23.0 Å². The lowest BCUT2D eigenvalue weighted by atomic mass is 9.84. The van der Waals surface area contributed by atoms with Crippen LogP contribution in [-0.2, 0) is 19.0 Å². The van der Waals surface area contributed by atoms with Crippen LogP contribution in [0.5, 0.6) is 23.0 Å². The van der Waals surface area contributed by atoms with Gasteiger partial charge in [0.25, 0.3) is 0 Å². The van der Waals surface area contributed by atoms with E-state index in [0.717, 1.165) is 5.56 Å². The van der Waals surface area contributed by atoms with Gasteiger partial charge in [-0.1, -0.05) is 12.1 Å². The Morgan fingerprint density at radius 2 is 1.68 bits per heavy atom. The zero-order valence-corrected chi connectivity index (χ0v) is 20.3. The summed E-state index contributed by atoms with van der Waals surface area (Å²) in [6.45, 7) is -0.115. The Morgan fingerprint density at radius 3 is 2.47 bits per heavy atom. The van der Waals surface area contributed by atoms with Gasteiger partial charge in [0.05, 0.1) is 32.3 Å². The maximum absolute atomic E-state index is 13.0. The fraction of sp³-hybridized carbons (Fsp3) is 0.500. The number of benzene rings is 2. The van der Waals surface area contributed by atoms with Crippen LogP contribution in [0.25, 0.3) is 0 Å². The van der Waals surface area contributed by atoms with E-state index >= 15 is 0 Å². The van der Waals surface area contributed by atoms with Crippen molar-refractivity contribution in [2.45, 2.75) is 42.9 Å². The first-order chi connectivity index (χ1) is 18.4. The molecular formula is C26H28O12. The minimum Gasteiger partial charge on any atom is -0.493 e. The minimum absolute atomic E-state index is 0.151. The quantitative estimate of drug-likeness (QED) is 0.375. The van der Waals surface area contributed by atoms with Crippen LogP contribution in [0.15, 0.2) is 36.4 Å². The van der Waals surface area contributed by atoms with E-state index in [9.17, 15) is 25.2 Å². The van der Waals surface area contributed by atoms with Gasteiger partial charge in [0.1, 0.15) is 30.5 Å². The highest BCUT2D eigenvalue weighted by Gasteiger charge is 2.54. The first-order valence-electron chi connectivity index (χ1n) is 12.3. The van der Waals surface area contributed by atoms with Gasteiger partial charge in [-0.05, 0) is 35.4 Å². The number of aliphatic hydroxyl groups excluding tert-OH is 4. The Labute approximate surface area is 217 Å².